The number of ketones is 1. The van der Waals surface area contributed by atoms with Crippen molar-refractivity contribution in [2.45, 2.75) is 81.1 Å². The van der Waals surface area contributed by atoms with E-state index in [9.17, 15) is 19.2 Å². The Labute approximate surface area is 411 Å². The van der Waals surface area contributed by atoms with Gasteiger partial charge in [-0.1, -0.05) is 74.2 Å². The molecule has 0 saturated carbocycles. The Kier molecular flexibility index (Phi) is 18.3. The molecule has 0 amide bonds. The molecule has 0 bridgehead atoms. The molecule has 0 fully saturated rings. The number of fused-ring (bicyclic) bond motifs is 4. The number of benzene rings is 4. The van der Waals surface area contributed by atoms with E-state index >= 15 is 0 Å². The van der Waals surface area contributed by atoms with Crippen molar-refractivity contribution in [2.75, 3.05) is 13.7 Å². The molecule has 8 aromatic rings. The number of methoxy groups -OCH3 is 1. The van der Waals surface area contributed by atoms with E-state index in [1.165, 1.54) is 67.7 Å². The zero-order valence-electron chi connectivity index (χ0n) is 42.8. The lowest BCUT2D eigenvalue weighted by molar-refractivity contribution is -0.468. The lowest BCUT2D eigenvalue weighted by Crippen LogP contribution is -2.66. The van der Waals surface area contributed by atoms with Crippen molar-refractivity contribution in [2.24, 2.45) is 44.8 Å². The third kappa shape index (κ3) is 13.5. The highest BCUT2D eigenvalue weighted by atomic mass is 16.5. The molecule has 0 aliphatic heterocycles. The van der Waals surface area contributed by atoms with Crippen LogP contribution in [0.4, 0.5) is 0 Å². The first kappa shape index (κ1) is 53.7. The quantitative estimate of drug-likeness (QED) is 0.0618. The molecule has 0 aliphatic carbocycles. The second-order valence-electron chi connectivity index (χ2n) is 19.1. The number of aliphatic carboxylic acids is 2. The van der Waals surface area contributed by atoms with Gasteiger partial charge < -0.3 is 44.3 Å². The van der Waals surface area contributed by atoms with Crippen LogP contribution in [0.5, 0.6) is 0 Å². The van der Waals surface area contributed by atoms with Crippen LogP contribution in [0.15, 0.2) is 97.6 Å². The number of carboxylic acids is 2. The number of aryl methyl sites for hydroxylation is 7. The van der Waals surface area contributed by atoms with Crippen LogP contribution in [0.25, 0.3) is 49.1 Å². The maximum absolute atomic E-state index is 11.7. The topological polar surface area (TPSA) is 185 Å². The summed E-state index contributed by atoms with van der Waals surface area (Å²) in [4.78, 5) is 48.1. The highest BCUT2D eigenvalue weighted by Gasteiger charge is 2.20. The molecule has 4 N–H and O–H groups in total. The first-order valence-corrected chi connectivity index (χ1v) is 23.8. The summed E-state index contributed by atoms with van der Waals surface area (Å²) < 4.78 is 11.0. The number of carbonyl (C=O) groups is 4. The van der Waals surface area contributed by atoms with Gasteiger partial charge in [0.2, 0.25) is 0 Å². The smallest absolute Gasteiger partial charge is 0.308 e. The monoisotopic (exact) mass is 951 g/mol. The molecule has 0 unspecified atom stereocenters. The van der Waals surface area contributed by atoms with Gasteiger partial charge in [-0.3, -0.25) is 19.2 Å². The van der Waals surface area contributed by atoms with E-state index in [0.717, 1.165) is 27.5 Å². The predicted molar refractivity (Wildman–Crippen MR) is 279 cm³/mol. The van der Waals surface area contributed by atoms with E-state index in [1.54, 1.807) is 13.8 Å². The largest absolute Gasteiger partial charge is 0.508 e. The average Bonchev–Trinajstić information content (AvgIpc) is 4.04. The van der Waals surface area contributed by atoms with Crippen molar-refractivity contribution >= 4 is 67.3 Å². The number of esters is 1. The summed E-state index contributed by atoms with van der Waals surface area (Å²) in [6, 6.07) is 25.2. The number of H-pyrrole nitrogens is 1. The van der Waals surface area contributed by atoms with Gasteiger partial charge in [0.05, 0.1) is 24.9 Å². The minimum Gasteiger partial charge on any atom is -0.508 e. The maximum atomic E-state index is 11.7. The summed E-state index contributed by atoms with van der Waals surface area (Å²) in [5.41, 5.74) is 22.6. The molecule has 0 aliphatic rings. The third-order valence-corrected chi connectivity index (χ3v) is 13.0. The third-order valence-electron chi connectivity index (χ3n) is 13.0. The van der Waals surface area contributed by atoms with Gasteiger partial charge in [-0.15, -0.1) is 0 Å². The molecule has 8 rings (SSSR count). The van der Waals surface area contributed by atoms with Crippen molar-refractivity contribution in [1.82, 2.24) is 18.7 Å². The van der Waals surface area contributed by atoms with Gasteiger partial charge in [-0.05, 0) is 124 Å². The van der Waals surface area contributed by atoms with Gasteiger partial charge in [-0.2, -0.15) is 0 Å². The highest BCUT2D eigenvalue weighted by molar-refractivity contribution is 5.88. The van der Waals surface area contributed by atoms with Crippen LogP contribution < -0.4 is 5.11 Å². The number of hydrogen-bond acceptors (Lipinski definition) is 5. The molecule has 0 radical (unpaired) electrons. The summed E-state index contributed by atoms with van der Waals surface area (Å²) in [6.45, 7) is 15.5. The fourth-order valence-corrected chi connectivity index (χ4v) is 8.86. The number of Topliss-reactive ketones (excluding diaryl/α,β-unsaturated/α-hetero) is 1. The number of aromatic nitrogens is 4. The van der Waals surface area contributed by atoms with Gasteiger partial charge in [0.1, 0.15) is 0 Å². The number of aromatic amines is 1. The first-order chi connectivity index (χ1) is 33.1. The van der Waals surface area contributed by atoms with Crippen molar-refractivity contribution in [1.29, 1.82) is 0 Å². The normalized spacial score (nSPS) is 12.7. The Balaban J connectivity index is 0.000000174. The van der Waals surface area contributed by atoms with Gasteiger partial charge in [-0.25, -0.2) is 0 Å². The predicted octanol–water partition coefficient (Wildman–Crippen LogP) is 9.66. The Morgan fingerprint density at radius 2 is 0.914 bits per heavy atom. The summed E-state index contributed by atoms with van der Waals surface area (Å²) in [5, 5.41) is 24.5. The fourth-order valence-electron chi connectivity index (χ4n) is 8.86. The zero-order chi connectivity index (χ0) is 51.6. The Morgan fingerprint density at radius 3 is 1.30 bits per heavy atom. The van der Waals surface area contributed by atoms with Crippen molar-refractivity contribution in [3.05, 3.63) is 148 Å². The Morgan fingerprint density at radius 1 is 0.557 bits per heavy atom. The van der Waals surface area contributed by atoms with E-state index in [4.69, 9.17) is 20.5 Å². The van der Waals surface area contributed by atoms with E-state index in [1.807, 2.05) is 71.6 Å². The van der Waals surface area contributed by atoms with Gasteiger partial charge in [0.25, 0.3) is 0 Å². The lowest BCUT2D eigenvalue weighted by atomic mass is 9.96. The molecule has 4 heterocycles. The molecule has 70 heavy (non-hydrogen) atoms. The summed E-state index contributed by atoms with van der Waals surface area (Å²) >= 11 is 0. The SMILES string of the molecule is COC(=O)[C@@H](C)Cc1cn(C)c2ccc(C)cc12.Cc1ccc2[nH]cc(C[C@H](C)C(=O)O)c2c1.Cc1ccc2c(c1)c(C[C@H](C)C(=O)C[NH+]=[N-])cn2C.Cc1ccc2c(c1)c(C[C@H](C)C(=O)O)cn2C. The number of nitrogens with one attached hydrogen (secondary N) is 2. The maximum Gasteiger partial charge on any atom is 0.308 e. The molecule has 4 atom stereocenters. The first-order valence-electron chi connectivity index (χ1n) is 23.8. The van der Waals surface area contributed by atoms with Crippen molar-refractivity contribution in [3.63, 3.8) is 0 Å². The van der Waals surface area contributed by atoms with Gasteiger partial charge >= 0.3 is 17.9 Å². The average molecular weight is 951 g/mol. The molecule has 370 valence electrons. The van der Waals surface area contributed by atoms with Crippen LogP contribution in [0.2, 0.25) is 0 Å². The summed E-state index contributed by atoms with van der Waals surface area (Å²) in [6.07, 6.45) is 10.7. The van der Waals surface area contributed by atoms with Gasteiger partial charge in [0.15, 0.2) is 12.3 Å². The molecule has 0 saturated heterocycles. The van der Waals surface area contributed by atoms with Crippen LogP contribution in [0.3, 0.4) is 0 Å². The van der Waals surface area contributed by atoms with E-state index < -0.39 is 11.9 Å². The second kappa shape index (κ2) is 23.8. The van der Waals surface area contributed by atoms with Crippen molar-refractivity contribution in [3.8, 4) is 0 Å². The van der Waals surface area contributed by atoms with Crippen LogP contribution >= 0.6 is 0 Å². The van der Waals surface area contributed by atoms with Crippen LogP contribution in [0, 0.1) is 51.4 Å². The number of nitrogens with zero attached hydrogens (tertiary/aromatic N) is 4. The zero-order valence-corrected chi connectivity index (χ0v) is 42.8. The number of hydrogen-bond donors (Lipinski definition) is 4. The minimum atomic E-state index is -0.748. The molecule has 0 spiro atoms. The van der Waals surface area contributed by atoms with Crippen LogP contribution in [-0.2, 0) is 70.7 Å². The Bertz CT molecular complexity index is 3150. The standard InChI is InChI=1S/C15H19N3O.C15H19NO2.C14H17NO2.C13H15NO2/c1-10-4-5-14-13(6-10)12(9-18(14)3)7-11(2)15(19)8-17-16;1-10-5-6-14-13(7-10)12(9-16(14)3)8-11(2)15(17)18-4;1-9-4-5-13-12(6-9)11(8-15(13)3)7-10(2)14(16)17;1-8-3-4-12-11(5-8)10(7-14-12)6-9(2)13(15)16/h4-6,9,11,17H,7-8H2,1-3H3;5-7,9,11H,8H2,1-4H3;4-6,8,10H,7H2,1-3H3,(H,16,17);3-5,7,9,14H,6H2,1-2H3,(H,15,16)/t2*11-;10-;9-/m0000/s1. The van der Waals surface area contributed by atoms with Crippen LogP contribution in [-0.4, -0.2) is 66.2 Å². The number of ether oxygens (including phenoxy) is 1. The minimum absolute atomic E-state index is 0.00492. The second-order valence-corrected chi connectivity index (χ2v) is 19.1. The molecular formula is C57H70N6O7. The molecule has 13 nitrogen and oxygen atoms in total. The number of carbonyl (C=O) groups excluding carboxylic acids is 2. The van der Waals surface area contributed by atoms with Crippen molar-refractivity contribution < 1.29 is 39.2 Å². The summed E-state index contributed by atoms with van der Waals surface area (Å²) in [7, 11) is 7.48. The molecule has 4 aromatic carbocycles. The van der Waals surface area contributed by atoms with E-state index in [2.05, 4.69) is 113 Å². The molecular weight excluding hydrogens is 881 g/mol. The van der Waals surface area contributed by atoms with Gasteiger partial charge in [0, 0.05) is 95.5 Å². The highest BCUT2D eigenvalue weighted by Crippen LogP contribution is 2.28. The summed E-state index contributed by atoms with van der Waals surface area (Å²) in [5.74, 6) is -2.53. The van der Waals surface area contributed by atoms with Crippen LogP contribution in [0.1, 0.15) is 72.2 Å². The Hall–Kier alpha value is -7.28. The van der Waals surface area contributed by atoms with E-state index in [0.29, 0.717) is 25.7 Å². The van der Waals surface area contributed by atoms with E-state index in [-0.39, 0.29) is 42.0 Å². The molecule has 4 aromatic heterocycles. The molecule has 13 heteroatoms. The fraction of sp³-hybridized carbons (Fsp3) is 0.368. The lowest BCUT2D eigenvalue weighted by Gasteiger charge is -2.08. The number of carboxylic acid groups (broad SMARTS) is 2. The number of rotatable bonds is 14.